The third-order valence-electron chi connectivity index (χ3n) is 7.05. The van der Waals surface area contributed by atoms with Crippen molar-refractivity contribution >= 4 is 38.2 Å². The fourth-order valence-corrected chi connectivity index (χ4v) is 6.64. The van der Waals surface area contributed by atoms with Crippen LogP contribution in [0.25, 0.3) is 22.1 Å². The third kappa shape index (κ3) is 5.34. The second kappa shape index (κ2) is 10.3. The van der Waals surface area contributed by atoms with Crippen LogP contribution in [0.1, 0.15) is 64.7 Å². The third-order valence-corrected chi connectivity index (χ3v) is 8.73. The van der Waals surface area contributed by atoms with Crippen molar-refractivity contribution in [1.82, 2.24) is 23.8 Å². The van der Waals surface area contributed by atoms with E-state index in [1.807, 2.05) is 0 Å². The number of aromatic nitrogens is 4. The highest BCUT2D eigenvalue weighted by Gasteiger charge is 2.29. The lowest BCUT2D eigenvalue weighted by Gasteiger charge is -2.30. The summed E-state index contributed by atoms with van der Waals surface area (Å²) >= 11 is 0. The van der Waals surface area contributed by atoms with Crippen molar-refractivity contribution in [3.8, 4) is 6.07 Å². The first-order chi connectivity index (χ1) is 18.6. The van der Waals surface area contributed by atoms with E-state index in [-0.39, 0.29) is 17.5 Å². The molecule has 0 spiro atoms. The lowest BCUT2D eigenvalue weighted by Crippen LogP contribution is -2.33. The number of carbonyl (C=O) groups is 1. The second-order valence-corrected chi connectivity index (χ2v) is 12.8. The first kappa shape index (κ1) is 26.7. The molecule has 1 amide bonds. The van der Waals surface area contributed by atoms with Crippen LogP contribution in [0.15, 0.2) is 53.7 Å². The second-order valence-electron chi connectivity index (χ2n) is 10.9. The number of rotatable bonds is 6. The fourth-order valence-electron chi connectivity index (χ4n) is 5.32. The molecule has 39 heavy (non-hydrogen) atoms. The Bertz CT molecular complexity index is 1650. The number of pyridine rings is 1. The first-order valence-electron chi connectivity index (χ1n) is 13.1. The quantitative estimate of drug-likeness (QED) is 0.346. The lowest BCUT2D eigenvalue weighted by molar-refractivity contribution is 0.0521. The van der Waals surface area contributed by atoms with Gasteiger partial charge in [-0.05, 0) is 70.6 Å². The number of hydrogen-bond donors (Lipinski definition) is 1. The van der Waals surface area contributed by atoms with E-state index in [0.717, 1.165) is 31.2 Å². The number of carbonyl (C=O) groups excluding carboxylic acids is 1. The van der Waals surface area contributed by atoms with Crippen molar-refractivity contribution in [1.29, 1.82) is 5.26 Å². The molecule has 0 bridgehead atoms. The summed E-state index contributed by atoms with van der Waals surface area (Å²) in [4.78, 5) is 21.9. The number of ether oxygens (including phenoxy) is 1. The molecule has 11 heteroatoms. The average Bonchev–Trinajstić information content (AvgIpc) is 3.49. The molecular formula is C28H32N6O4S. The van der Waals surface area contributed by atoms with E-state index in [9.17, 15) is 13.2 Å². The van der Waals surface area contributed by atoms with Gasteiger partial charge in [0, 0.05) is 24.0 Å². The van der Waals surface area contributed by atoms with E-state index < -0.39 is 21.7 Å². The van der Waals surface area contributed by atoms with Crippen LogP contribution in [0, 0.1) is 17.2 Å². The Hall–Kier alpha value is -3.91. The average molecular weight is 549 g/mol. The minimum atomic E-state index is -3.85. The van der Waals surface area contributed by atoms with Crippen LogP contribution in [0.5, 0.6) is 0 Å². The van der Waals surface area contributed by atoms with E-state index in [0.29, 0.717) is 34.7 Å². The van der Waals surface area contributed by atoms with E-state index in [4.69, 9.17) is 15.0 Å². The summed E-state index contributed by atoms with van der Waals surface area (Å²) in [6, 6.07) is 12.4. The summed E-state index contributed by atoms with van der Waals surface area (Å²) in [6.45, 7) is 5.56. The largest absolute Gasteiger partial charge is 0.444 e. The Morgan fingerprint density at radius 1 is 1.15 bits per heavy atom. The van der Waals surface area contributed by atoms with Crippen LogP contribution in [0.3, 0.4) is 0 Å². The smallest absolute Gasteiger partial charge is 0.408 e. The zero-order valence-electron chi connectivity index (χ0n) is 22.3. The number of fused-ring (bicyclic) bond motifs is 3. The van der Waals surface area contributed by atoms with Crippen molar-refractivity contribution in [3.63, 3.8) is 0 Å². The SMILES string of the molecule is CC(C)(C)OC(=O)NCc1nc2cnc3c(ccn3S(=O)(=O)c3ccccc3)c2n1C1CCC(CC#N)CC1. The highest BCUT2D eigenvalue weighted by atomic mass is 32.2. The van der Waals surface area contributed by atoms with Gasteiger partial charge in [-0.2, -0.15) is 5.26 Å². The molecular weight excluding hydrogens is 516 g/mol. The Balaban J connectivity index is 1.59. The Morgan fingerprint density at radius 2 is 1.87 bits per heavy atom. The molecule has 0 unspecified atom stereocenters. The number of hydrogen-bond acceptors (Lipinski definition) is 7. The van der Waals surface area contributed by atoms with Crippen LogP contribution >= 0.6 is 0 Å². The maximum absolute atomic E-state index is 13.4. The van der Waals surface area contributed by atoms with Gasteiger partial charge in [0.25, 0.3) is 10.0 Å². The molecule has 1 fully saturated rings. The molecule has 5 rings (SSSR count). The van der Waals surface area contributed by atoms with Crippen molar-refractivity contribution < 1.29 is 17.9 Å². The normalized spacial score (nSPS) is 18.2. The number of benzene rings is 1. The standard InChI is InChI=1S/C28H32N6O4S/c1-28(2,3)38-27(35)31-18-24-32-23-17-30-26-22(14-16-33(26)39(36,37)21-7-5-4-6-8-21)25(23)34(24)20-11-9-19(10-12-20)13-15-29/h4-8,14,16-17,19-20H,9-13,18H2,1-3H3,(H,31,35). The summed E-state index contributed by atoms with van der Waals surface area (Å²) in [5.41, 5.74) is 1.09. The van der Waals surface area contributed by atoms with E-state index >= 15 is 0 Å². The van der Waals surface area contributed by atoms with Gasteiger partial charge in [-0.15, -0.1) is 0 Å². The summed E-state index contributed by atoms with van der Waals surface area (Å²) in [6.07, 6.45) is 6.64. The van der Waals surface area contributed by atoms with Gasteiger partial charge in [-0.25, -0.2) is 27.2 Å². The minimum absolute atomic E-state index is 0.0834. The molecule has 10 nitrogen and oxygen atoms in total. The molecule has 0 aliphatic heterocycles. The van der Waals surface area contributed by atoms with Crippen molar-refractivity contribution in [2.24, 2.45) is 5.92 Å². The van der Waals surface area contributed by atoms with Crippen LogP contribution in [-0.2, 0) is 21.3 Å². The van der Waals surface area contributed by atoms with Gasteiger partial charge in [-0.3, -0.25) is 0 Å². The number of alkyl carbamates (subject to hydrolysis) is 1. The molecule has 1 aliphatic rings. The molecule has 1 N–H and O–H groups in total. The monoisotopic (exact) mass is 548 g/mol. The number of nitriles is 1. The minimum Gasteiger partial charge on any atom is -0.444 e. The predicted molar refractivity (Wildman–Crippen MR) is 146 cm³/mol. The van der Waals surface area contributed by atoms with Gasteiger partial charge < -0.3 is 14.6 Å². The van der Waals surface area contributed by atoms with Gasteiger partial charge in [0.2, 0.25) is 0 Å². The number of nitrogens with one attached hydrogen (secondary N) is 1. The molecule has 0 atom stereocenters. The summed E-state index contributed by atoms with van der Waals surface area (Å²) in [7, 11) is -3.85. The number of amides is 1. The zero-order valence-corrected chi connectivity index (χ0v) is 23.1. The van der Waals surface area contributed by atoms with E-state index in [1.165, 1.54) is 10.2 Å². The van der Waals surface area contributed by atoms with Crippen LogP contribution in [0.2, 0.25) is 0 Å². The van der Waals surface area contributed by atoms with Gasteiger partial charge in [0.1, 0.15) is 16.9 Å². The molecule has 204 valence electrons. The van der Waals surface area contributed by atoms with Gasteiger partial charge in [0.15, 0.2) is 5.65 Å². The molecule has 1 aromatic carbocycles. The molecule has 1 aliphatic carbocycles. The fraction of sp³-hybridized carbons (Fsp3) is 0.429. The highest BCUT2D eigenvalue weighted by molar-refractivity contribution is 7.90. The Kier molecular flexibility index (Phi) is 7.07. The van der Waals surface area contributed by atoms with Crippen LogP contribution in [-0.4, -0.2) is 38.6 Å². The molecule has 0 saturated heterocycles. The zero-order chi connectivity index (χ0) is 27.8. The molecule has 3 heterocycles. The van der Waals surface area contributed by atoms with Crippen molar-refractivity contribution in [3.05, 3.63) is 54.6 Å². The van der Waals surface area contributed by atoms with Crippen LogP contribution < -0.4 is 5.32 Å². The summed E-state index contributed by atoms with van der Waals surface area (Å²) < 4.78 is 35.6. The lowest BCUT2D eigenvalue weighted by atomic mass is 9.84. The number of nitrogens with zero attached hydrogens (tertiary/aromatic N) is 5. The van der Waals surface area contributed by atoms with Crippen LogP contribution in [0.4, 0.5) is 4.79 Å². The molecule has 3 aromatic heterocycles. The summed E-state index contributed by atoms with van der Waals surface area (Å²) in [5.74, 6) is 1.01. The van der Waals surface area contributed by atoms with Gasteiger partial charge in [-0.1, -0.05) is 18.2 Å². The topological polar surface area (TPSA) is 132 Å². The predicted octanol–water partition coefficient (Wildman–Crippen LogP) is 5.29. The highest BCUT2D eigenvalue weighted by Crippen LogP contribution is 2.38. The molecule has 1 saturated carbocycles. The van der Waals surface area contributed by atoms with Gasteiger partial charge >= 0.3 is 6.09 Å². The van der Waals surface area contributed by atoms with E-state index in [1.54, 1.807) is 63.4 Å². The van der Waals surface area contributed by atoms with Crippen molar-refractivity contribution in [2.45, 2.75) is 76.0 Å². The Labute approximate surface area is 227 Å². The maximum Gasteiger partial charge on any atom is 0.408 e. The Morgan fingerprint density at radius 3 is 2.54 bits per heavy atom. The van der Waals surface area contributed by atoms with Crippen molar-refractivity contribution in [2.75, 3.05) is 0 Å². The van der Waals surface area contributed by atoms with Gasteiger partial charge in [0.05, 0.1) is 29.2 Å². The maximum atomic E-state index is 13.4. The van der Waals surface area contributed by atoms with E-state index in [2.05, 4.69) is 20.9 Å². The molecule has 0 radical (unpaired) electrons. The first-order valence-corrected chi connectivity index (χ1v) is 14.5. The molecule has 4 aromatic rings. The number of imidazole rings is 1. The summed E-state index contributed by atoms with van der Waals surface area (Å²) in [5, 5.41) is 12.6.